The summed E-state index contributed by atoms with van der Waals surface area (Å²) in [5.41, 5.74) is 0.945. The molecule has 1 aromatic carbocycles. The van der Waals surface area contributed by atoms with E-state index in [1.807, 2.05) is 24.5 Å². The number of alkyl halides is 1. The van der Waals surface area contributed by atoms with Crippen molar-refractivity contribution in [2.24, 2.45) is 0 Å². The van der Waals surface area contributed by atoms with Gasteiger partial charge in [-0.2, -0.15) is 11.8 Å². The summed E-state index contributed by atoms with van der Waals surface area (Å²) in [7, 11) is 0. The highest BCUT2D eigenvalue weighted by atomic mass is 35.5. The highest BCUT2D eigenvalue weighted by Gasteiger charge is 2.06. The van der Waals surface area contributed by atoms with Crippen LogP contribution in [0.3, 0.4) is 0 Å². The van der Waals surface area contributed by atoms with E-state index in [-0.39, 0.29) is 0 Å². The van der Waals surface area contributed by atoms with Crippen LogP contribution in [0.2, 0.25) is 5.02 Å². The highest BCUT2D eigenvalue weighted by Crippen LogP contribution is 2.29. The van der Waals surface area contributed by atoms with E-state index < -0.39 is 0 Å². The van der Waals surface area contributed by atoms with E-state index >= 15 is 0 Å². The summed E-state index contributed by atoms with van der Waals surface area (Å²) in [5.74, 6) is 2.10. The number of benzene rings is 1. The van der Waals surface area contributed by atoms with E-state index in [1.165, 1.54) is 0 Å². The molecule has 0 aliphatic heterocycles. The number of hydrogen-bond acceptors (Lipinski definition) is 2. The first kappa shape index (κ1) is 12.0. The molecule has 0 aromatic heterocycles. The molecule has 14 heavy (non-hydrogen) atoms. The fourth-order valence-corrected chi connectivity index (χ4v) is 1.76. The van der Waals surface area contributed by atoms with Crippen LogP contribution in [0.25, 0.3) is 0 Å². The van der Waals surface area contributed by atoms with Crippen LogP contribution in [-0.4, -0.2) is 18.6 Å². The van der Waals surface area contributed by atoms with Gasteiger partial charge in [-0.3, -0.25) is 0 Å². The summed E-state index contributed by atoms with van der Waals surface area (Å²) in [6.45, 7) is 0.661. The quantitative estimate of drug-likeness (QED) is 0.581. The van der Waals surface area contributed by atoms with E-state index in [4.69, 9.17) is 27.9 Å². The van der Waals surface area contributed by atoms with Gasteiger partial charge in [0.05, 0.1) is 17.5 Å². The number of thioether (sulfide) groups is 1. The summed E-state index contributed by atoms with van der Waals surface area (Å²) in [4.78, 5) is 0. The molecule has 0 N–H and O–H groups in total. The topological polar surface area (TPSA) is 9.23 Å². The Kier molecular flexibility index (Phi) is 5.53. The van der Waals surface area contributed by atoms with Crippen molar-refractivity contribution in [1.82, 2.24) is 0 Å². The molecule has 1 nitrogen and oxygen atoms in total. The molecule has 1 aromatic rings. The van der Waals surface area contributed by atoms with Gasteiger partial charge in [0.15, 0.2) is 0 Å². The first-order valence-corrected chi connectivity index (χ1v) is 6.55. The zero-order chi connectivity index (χ0) is 10.4. The molecule has 0 amide bonds. The minimum Gasteiger partial charge on any atom is -0.491 e. The van der Waals surface area contributed by atoms with E-state index in [0.29, 0.717) is 17.5 Å². The lowest BCUT2D eigenvalue weighted by molar-refractivity contribution is 0.341. The molecule has 0 fully saturated rings. The summed E-state index contributed by atoms with van der Waals surface area (Å²) in [5, 5.41) is 0.629. The second-order valence-corrected chi connectivity index (χ2v) is 4.36. The van der Waals surface area contributed by atoms with Crippen LogP contribution in [0.1, 0.15) is 5.56 Å². The lowest BCUT2D eigenvalue weighted by atomic mass is 10.2. The second-order valence-electron chi connectivity index (χ2n) is 2.70. The lowest BCUT2D eigenvalue weighted by Gasteiger charge is -2.10. The van der Waals surface area contributed by atoms with Crippen LogP contribution in [0, 0.1) is 0 Å². The van der Waals surface area contributed by atoms with Gasteiger partial charge in [0.2, 0.25) is 0 Å². The molecule has 0 unspecified atom stereocenters. The Morgan fingerprint density at radius 1 is 1.43 bits per heavy atom. The normalized spacial score (nSPS) is 10.2. The van der Waals surface area contributed by atoms with Crippen molar-refractivity contribution in [3.05, 3.63) is 28.8 Å². The third-order valence-electron chi connectivity index (χ3n) is 1.73. The van der Waals surface area contributed by atoms with Crippen molar-refractivity contribution in [1.29, 1.82) is 0 Å². The number of halogens is 2. The zero-order valence-corrected chi connectivity index (χ0v) is 10.3. The smallest absolute Gasteiger partial charge is 0.142 e. The molecule has 0 atom stereocenters. The van der Waals surface area contributed by atoms with Crippen LogP contribution < -0.4 is 4.74 Å². The average Bonchev–Trinajstić information content (AvgIpc) is 2.20. The molecule has 0 saturated carbocycles. The Hall–Kier alpha value is -0.0500. The Bertz CT molecular complexity index is 291. The van der Waals surface area contributed by atoms with Gasteiger partial charge in [0.25, 0.3) is 0 Å². The van der Waals surface area contributed by atoms with Gasteiger partial charge in [0.1, 0.15) is 5.75 Å². The number of ether oxygens (including phenoxy) is 1. The molecule has 4 heteroatoms. The largest absolute Gasteiger partial charge is 0.491 e. The minimum atomic E-state index is 0.426. The Morgan fingerprint density at radius 3 is 2.86 bits per heavy atom. The first-order valence-electron chi connectivity index (χ1n) is 4.24. The molecule has 0 bridgehead atoms. The van der Waals surface area contributed by atoms with Crippen molar-refractivity contribution in [2.75, 3.05) is 18.6 Å². The zero-order valence-electron chi connectivity index (χ0n) is 7.93. The predicted octanol–water partition coefficient (Wildman–Crippen LogP) is 3.82. The van der Waals surface area contributed by atoms with Crippen LogP contribution in [0.5, 0.6) is 5.75 Å². The average molecular weight is 251 g/mol. The maximum Gasteiger partial charge on any atom is 0.142 e. The van der Waals surface area contributed by atoms with Crippen molar-refractivity contribution in [3.8, 4) is 5.75 Å². The molecule has 0 radical (unpaired) electrons. The standard InChI is InChI=1S/C10H12Cl2OS/c1-14-6-5-13-10-8(7-11)3-2-4-9(10)12/h2-4H,5-7H2,1H3. The molecular weight excluding hydrogens is 239 g/mol. The monoisotopic (exact) mass is 250 g/mol. The van der Waals surface area contributed by atoms with E-state index in [2.05, 4.69) is 0 Å². The second kappa shape index (κ2) is 6.44. The lowest BCUT2D eigenvalue weighted by Crippen LogP contribution is -2.02. The molecule has 78 valence electrons. The summed E-state index contributed by atoms with van der Waals surface area (Å²) in [6, 6.07) is 5.61. The molecule has 1 rings (SSSR count). The Balaban J connectivity index is 2.72. The number of rotatable bonds is 5. The van der Waals surface area contributed by atoms with Crippen molar-refractivity contribution >= 4 is 35.0 Å². The van der Waals surface area contributed by atoms with E-state index in [9.17, 15) is 0 Å². The van der Waals surface area contributed by atoms with Gasteiger partial charge >= 0.3 is 0 Å². The summed E-state index contributed by atoms with van der Waals surface area (Å²) in [6.07, 6.45) is 2.04. The van der Waals surface area contributed by atoms with Gasteiger partial charge in [0, 0.05) is 11.3 Å². The summed E-state index contributed by atoms with van der Waals surface area (Å²) >= 11 is 13.5. The van der Waals surface area contributed by atoms with E-state index in [0.717, 1.165) is 17.1 Å². The van der Waals surface area contributed by atoms with E-state index in [1.54, 1.807) is 11.8 Å². The molecule has 0 heterocycles. The highest BCUT2D eigenvalue weighted by molar-refractivity contribution is 7.98. The summed E-state index contributed by atoms with van der Waals surface area (Å²) < 4.78 is 5.56. The molecule has 0 aliphatic rings. The fraction of sp³-hybridized carbons (Fsp3) is 0.400. The van der Waals surface area contributed by atoms with Crippen molar-refractivity contribution in [2.45, 2.75) is 5.88 Å². The number of para-hydroxylation sites is 1. The SMILES string of the molecule is CSCCOc1c(Cl)cccc1CCl. The predicted molar refractivity (Wildman–Crippen MR) is 64.9 cm³/mol. The van der Waals surface area contributed by atoms with Gasteiger partial charge in [-0.15, -0.1) is 11.6 Å². The Morgan fingerprint density at radius 2 is 2.21 bits per heavy atom. The maximum atomic E-state index is 6.00. The third kappa shape index (κ3) is 3.26. The van der Waals surface area contributed by atoms with Crippen LogP contribution >= 0.6 is 35.0 Å². The van der Waals surface area contributed by atoms with Crippen LogP contribution in [-0.2, 0) is 5.88 Å². The van der Waals surface area contributed by atoms with Gasteiger partial charge in [-0.25, -0.2) is 0 Å². The van der Waals surface area contributed by atoms with Crippen molar-refractivity contribution in [3.63, 3.8) is 0 Å². The molecule has 0 aliphatic carbocycles. The maximum absolute atomic E-state index is 6.00. The molecular formula is C10H12Cl2OS. The fourth-order valence-electron chi connectivity index (χ4n) is 1.05. The van der Waals surface area contributed by atoms with Crippen molar-refractivity contribution < 1.29 is 4.74 Å². The molecule has 0 spiro atoms. The first-order chi connectivity index (χ1) is 6.79. The third-order valence-corrected chi connectivity index (χ3v) is 2.89. The molecule has 0 saturated heterocycles. The van der Waals surface area contributed by atoms with Crippen LogP contribution in [0.15, 0.2) is 18.2 Å². The minimum absolute atomic E-state index is 0.426. The van der Waals surface area contributed by atoms with Gasteiger partial charge < -0.3 is 4.74 Å². The van der Waals surface area contributed by atoms with Gasteiger partial charge in [-0.05, 0) is 12.3 Å². The number of hydrogen-bond donors (Lipinski definition) is 0. The van der Waals surface area contributed by atoms with Crippen LogP contribution in [0.4, 0.5) is 0 Å². The Labute approximate surface area is 98.7 Å². The van der Waals surface area contributed by atoms with Gasteiger partial charge in [-0.1, -0.05) is 23.7 Å².